The van der Waals surface area contributed by atoms with Crippen LogP contribution in [0.2, 0.25) is 5.02 Å². The molecule has 4 nitrogen and oxygen atoms in total. The maximum absolute atomic E-state index is 13.1. The van der Waals surface area contributed by atoms with Crippen LogP contribution in [0, 0.1) is 12.7 Å². The molecule has 0 aliphatic rings. The first-order valence-corrected chi connectivity index (χ1v) is 8.06. The van der Waals surface area contributed by atoms with Crippen LogP contribution in [0.1, 0.15) is 5.69 Å². The number of rotatable bonds is 3. The molecule has 0 atom stereocenters. The zero-order valence-electron chi connectivity index (χ0n) is 10.2. The van der Waals surface area contributed by atoms with Gasteiger partial charge < -0.3 is 0 Å². The van der Waals surface area contributed by atoms with Crippen molar-refractivity contribution >= 4 is 43.2 Å². The zero-order chi connectivity index (χ0) is 14.9. The Bertz CT molecular complexity index is 768. The maximum Gasteiger partial charge on any atom is 0.262 e. The highest BCUT2D eigenvalue weighted by Gasteiger charge is 2.17. The second kappa shape index (κ2) is 5.67. The zero-order valence-corrected chi connectivity index (χ0v) is 13.4. The summed E-state index contributed by atoms with van der Waals surface area (Å²) in [5, 5.41) is -0.251. The Labute approximate surface area is 129 Å². The van der Waals surface area contributed by atoms with Crippen LogP contribution in [0.4, 0.5) is 10.1 Å². The number of pyridine rings is 1. The fraction of sp³-hybridized carbons (Fsp3) is 0.0833. The van der Waals surface area contributed by atoms with Gasteiger partial charge in [0.1, 0.15) is 10.4 Å². The van der Waals surface area contributed by atoms with E-state index in [0.29, 0.717) is 16.0 Å². The van der Waals surface area contributed by atoms with Crippen LogP contribution in [-0.2, 0) is 10.0 Å². The van der Waals surface area contributed by atoms with Crippen LogP contribution in [0.25, 0.3) is 0 Å². The van der Waals surface area contributed by atoms with E-state index in [4.69, 9.17) is 11.6 Å². The van der Waals surface area contributed by atoms with Gasteiger partial charge in [-0.05, 0) is 53.2 Å². The predicted octanol–water partition coefficient (Wildman–Crippen LogP) is 3.75. The van der Waals surface area contributed by atoms with Gasteiger partial charge in [-0.25, -0.2) is 17.8 Å². The molecule has 0 aliphatic heterocycles. The van der Waals surface area contributed by atoms with Crippen molar-refractivity contribution in [3.05, 3.63) is 51.5 Å². The molecule has 8 heteroatoms. The first-order valence-electron chi connectivity index (χ1n) is 5.40. The summed E-state index contributed by atoms with van der Waals surface area (Å²) >= 11 is 8.78. The Balaban J connectivity index is 2.38. The van der Waals surface area contributed by atoms with Crippen molar-refractivity contribution in [3.8, 4) is 0 Å². The maximum atomic E-state index is 13.1. The van der Waals surface area contributed by atoms with Crippen molar-refractivity contribution in [2.24, 2.45) is 0 Å². The molecule has 0 amide bonds. The summed E-state index contributed by atoms with van der Waals surface area (Å²) in [5.41, 5.74) is 0.852. The summed E-state index contributed by atoms with van der Waals surface area (Å²) in [4.78, 5) is 3.97. The number of sulfonamides is 1. The van der Waals surface area contributed by atoms with Gasteiger partial charge in [0.15, 0.2) is 0 Å². The summed E-state index contributed by atoms with van der Waals surface area (Å²) in [6, 6.07) is 6.40. The lowest BCUT2D eigenvalue weighted by Gasteiger charge is -2.10. The van der Waals surface area contributed by atoms with Gasteiger partial charge in [-0.15, -0.1) is 0 Å². The van der Waals surface area contributed by atoms with E-state index in [0.717, 1.165) is 18.2 Å². The Morgan fingerprint density at radius 2 is 2.00 bits per heavy atom. The molecule has 0 saturated carbocycles. The minimum absolute atomic E-state index is 0.119. The van der Waals surface area contributed by atoms with E-state index in [1.54, 1.807) is 19.1 Å². The lowest BCUT2D eigenvalue weighted by molar-refractivity contribution is 0.599. The summed E-state index contributed by atoms with van der Waals surface area (Å²) < 4.78 is 40.4. The highest BCUT2D eigenvalue weighted by atomic mass is 79.9. The number of halogens is 3. The molecule has 106 valence electrons. The highest BCUT2D eigenvalue weighted by molar-refractivity contribution is 9.10. The largest absolute Gasteiger partial charge is 0.278 e. The fourth-order valence-electron chi connectivity index (χ4n) is 1.49. The van der Waals surface area contributed by atoms with Gasteiger partial charge in [-0.1, -0.05) is 11.6 Å². The van der Waals surface area contributed by atoms with Crippen molar-refractivity contribution in [2.45, 2.75) is 11.8 Å². The SMILES string of the molecule is Cc1nc(Br)ccc1NS(=O)(=O)c1ccc(F)c(Cl)c1. The molecule has 0 spiro atoms. The van der Waals surface area contributed by atoms with Crippen LogP contribution >= 0.6 is 27.5 Å². The molecular weight excluding hydrogens is 371 g/mol. The molecule has 0 radical (unpaired) electrons. The monoisotopic (exact) mass is 378 g/mol. The molecule has 2 aromatic rings. The van der Waals surface area contributed by atoms with Gasteiger partial charge in [0, 0.05) is 0 Å². The molecule has 0 aliphatic carbocycles. The van der Waals surface area contributed by atoms with Gasteiger partial charge in [0.25, 0.3) is 10.0 Å². The molecule has 0 bridgehead atoms. The number of nitrogens with one attached hydrogen (secondary N) is 1. The molecule has 0 fully saturated rings. The Morgan fingerprint density at radius 1 is 1.30 bits per heavy atom. The number of benzene rings is 1. The molecule has 1 aromatic carbocycles. The standard InChI is InChI=1S/C12H9BrClFN2O2S/c1-7-11(4-5-12(13)16-7)17-20(18,19)8-2-3-10(15)9(14)6-8/h2-6,17H,1H3. The number of hydrogen-bond acceptors (Lipinski definition) is 3. The Hall–Kier alpha value is -1.18. The van der Waals surface area contributed by atoms with Gasteiger partial charge in [0.2, 0.25) is 0 Å². The molecular formula is C12H9BrClFN2O2S. The molecule has 1 N–H and O–H groups in total. The topological polar surface area (TPSA) is 59.1 Å². The molecule has 0 unspecified atom stereocenters. The quantitative estimate of drug-likeness (QED) is 0.826. The van der Waals surface area contributed by atoms with Gasteiger partial charge in [-0.2, -0.15) is 0 Å². The second-order valence-corrected chi connectivity index (χ2v) is 6.85. The van der Waals surface area contributed by atoms with Crippen molar-refractivity contribution in [1.82, 2.24) is 4.98 Å². The van der Waals surface area contributed by atoms with Crippen LogP contribution < -0.4 is 4.72 Å². The van der Waals surface area contributed by atoms with E-state index in [-0.39, 0.29) is 9.92 Å². The van der Waals surface area contributed by atoms with Crippen LogP contribution in [0.5, 0.6) is 0 Å². The average Bonchev–Trinajstić information content (AvgIpc) is 2.36. The summed E-state index contributed by atoms with van der Waals surface area (Å²) in [6.45, 7) is 1.67. The molecule has 1 aromatic heterocycles. The number of hydrogen-bond donors (Lipinski definition) is 1. The third kappa shape index (κ3) is 3.28. The van der Waals surface area contributed by atoms with Crippen molar-refractivity contribution in [2.75, 3.05) is 4.72 Å². The molecule has 0 saturated heterocycles. The minimum atomic E-state index is -3.84. The number of aryl methyl sites for hydroxylation is 1. The number of anilines is 1. The van der Waals surface area contributed by atoms with E-state index >= 15 is 0 Å². The first kappa shape index (κ1) is 15.2. The van der Waals surface area contributed by atoms with Gasteiger partial charge in [0.05, 0.1) is 21.3 Å². The third-order valence-corrected chi connectivity index (χ3v) is 4.59. The Kier molecular flexibility index (Phi) is 4.31. The summed E-state index contributed by atoms with van der Waals surface area (Å²) in [7, 11) is -3.84. The third-order valence-electron chi connectivity index (χ3n) is 2.50. The van der Waals surface area contributed by atoms with Crippen LogP contribution in [0.3, 0.4) is 0 Å². The van der Waals surface area contributed by atoms with E-state index in [1.165, 1.54) is 0 Å². The summed E-state index contributed by atoms with van der Waals surface area (Å²) in [6.07, 6.45) is 0. The van der Waals surface area contributed by atoms with Crippen molar-refractivity contribution in [3.63, 3.8) is 0 Å². The minimum Gasteiger partial charge on any atom is -0.278 e. The summed E-state index contributed by atoms with van der Waals surface area (Å²) in [5.74, 6) is -0.674. The second-order valence-electron chi connectivity index (χ2n) is 3.95. The van der Waals surface area contributed by atoms with Crippen molar-refractivity contribution in [1.29, 1.82) is 0 Å². The molecule has 2 rings (SSSR count). The molecule has 20 heavy (non-hydrogen) atoms. The van der Waals surface area contributed by atoms with Crippen LogP contribution in [-0.4, -0.2) is 13.4 Å². The van der Waals surface area contributed by atoms with Gasteiger partial charge in [-0.3, -0.25) is 4.72 Å². The lowest BCUT2D eigenvalue weighted by atomic mass is 10.3. The predicted molar refractivity (Wildman–Crippen MR) is 78.9 cm³/mol. The smallest absolute Gasteiger partial charge is 0.262 e. The normalized spacial score (nSPS) is 11.4. The van der Waals surface area contributed by atoms with E-state index < -0.39 is 15.8 Å². The van der Waals surface area contributed by atoms with E-state index in [9.17, 15) is 12.8 Å². The fourth-order valence-corrected chi connectivity index (χ4v) is 3.27. The van der Waals surface area contributed by atoms with Gasteiger partial charge >= 0.3 is 0 Å². The Morgan fingerprint density at radius 3 is 2.60 bits per heavy atom. The number of nitrogens with zero attached hydrogens (tertiary/aromatic N) is 1. The first-order chi connectivity index (χ1) is 9.29. The van der Waals surface area contributed by atoms with Crippen LogP contribution in [0.15, 0.2) is 39.8 Å². The van der Waals surface area contributed by atoms with E-state index in [1.807, 2.05) is 0 Å². The van der Waals surface area contributed by atoms with E-state index in [2.05, 4.69) is 25.6 Å². The van der Waals surface area contributed by atoms with Crippen molar-refractivity contribution < 1.29 is 12.8 Å². The average molecular weight is 380 g/mol. The molecule has 1 heterocycles. The lowest BCUT2D eigenvalue weighted by Crippen LogP contribution is -2.14. The number of aromatic nitrogens is 1. The highest BCUT2D eigenvalue weighted by Crippen LogP contribution is 2.23.